The van der Waals surface area contributed by atoms with E-state index in [1.165, 1.54) is 0 Å². The number of carbonyl (C=O) groups excluding carboxylic acids is 2. The van der Waals surface area contributed by atoms with Gasteiger partial charge in [0.2, 0.25) is 0 Å². The summed E-state index contributed by atoms with van der Waals surface area (Å²) in [6, 6.07) is 23.0. The number of benzene rings is 3. The van der Waals surface area contributed by atoms with E-state index >= 15 is 0 Å². The summed E-state index contributed by atoms with van der Waals surface area (Å²) in [7, 11) is 0. The molecule has 3 rings (SSSR count). The van der Waals surface area contributed by atoms with E-state index in [9.17, 15) is 9.59 Å². The number of aryl methyl sites for hydroxylation is 1. The summed E-state index contributed by atoms with van der Waals surface area (Å²) in [5.41, 5.74) is 3.55. The van der Waals surface area contributed by atoms with E-state index in [1.807, 2.05) is 67.6 Å². The van der Waals surface area contributed by atoms with Gasteiger partial charge >= 0.3 is 12.1 Å². The van der Waals surface area contributed by atoms with Crippen LogP contribution in [0.4, 0.5) is 32.3 Å². The fourth-order valence-electron chi connectivity index (χ4n) is 2.50. The molecule has 4 amide bonds. The molecule has 0 bridgehead atoms. The van der Waals surface area contributed by atoms with Crippen LogP contribution in [0.2, 0.25) is 0 Å². The van der Waals surface area contributed by atoms with Crippen molar-refractivity contribution in [2.45, 2.75) is 6.92 Å². The van der Waals surface area contributed by atoms with Crippen molar-refractivity contribution in [2.24, 2.45) is 0 Å². The van der Waals surface area contributed by atoms with Gasteiger partial charge in [-0.3, -0.25) is 0 Å². The molecule has 0 spiro atoms. The van der Waals surface area contributed by atoms with Gasteiger partial charge in [0.05, 0.1) is 0 Å². The van der Waals surface area contributed by atoms with Crippen molar-refractivity contribution < 1.29 is 9.59 Å². The first kappa shape index (κ1) is 18.0. The van der Waals surface area contributed by atoms with E-state index in [4.69, 9.17) is 0 Å². The zero-order chi connectivity index (χ0) is 19.1. The predicted molar refractivity (Wildman–Crippen MR) is 109 cm³/mol. The van der Waals surface area contributed by atoms with Gasteiger partial charge in [-0.05, 0) is 55.0 Å². The Morgan fingerprint density at radius 1 is 0.593 bits per heavy atom. The maximum atomic E-state index is 12.1. The Kier molecular flexibility index (Phi) is 5.69. The number of amides is 4. The number of para-hydroxylation sites is 2. The monoisotopic (exact) mass is 360 g/mol. The Morgan fingerprint density at radius 3 is 1.59 bits per heavy atom. The summed E-state index contributed by atoms with van der Waals surface area (Å²) >= 11 is 0. The van der Waals surface area contributed by atoms with Crippen molar-refractivity contribution in [3.63, 3.8) is 0 Å². The molecule has 0 saturated carbocycles. The Hall–Kier alpha value is -3.80. The highest BCUT2D eigenvalue weighted by Gasteiger charge is 2.07. The number of nitrogens with one attached hydrogen (secondary N) is 4. The van der Waals surface area contributed by atoms with Crippen molar-refractivity contribution in [3.8, 4) is 0 Å². The molecule has 0 aliphatic heterocycles. The Bertz CT molecular complexity index is 927. The molecule has 0 aliphatic rings. The molecule has 6 heteroatoms. The summed E-state index contributed by atoms with van der Waals surface area (Å²) in [6.07, 6.45) is 0. The molecule has 4 N–H and O–H groups in total. The molecule has 0 fully saturated rings. The minimum absolute atomic E-state index is 0.327. The minimum Gasteiger partial charge on any atom is -0.308 e. The molecule has 27 heavy (non-hydrogen) atoms. The average molecular weight is 360 g/mol. The Labute approximate surface area is 157 Å². The van der Waals surface area contributed by atoms with Crippen LogP contribution in [0.15, 0.2) is 78.9 Å². The molecule has 3 aromatic rings. The molecule has 0 radical (unpaired) electrons. The van der Waals surface area contributed by atoms with Gasteiger partial charge in [-0.2, -0.15) is 0 Å². The first-order chi connectivity index (χ1) is 13.1. The second-order valence-electron chi connectivity index (χ2n) is 5.92. The second-order valence-corrected chi connectivity index (χ2v) is 5.92. The van der Waals surface area contributed by atoms with Gasteiger partial charge in [0.15, 0.2) is 0 Å². The molecule has 3 aromatic carbocycles. The maximum Gasteiger partial charge on any atom is 0.323 e. The van der Waals surface area contributed by atoms with Crippen LogP contribution in [0.3, 0.4) is 0 Å². The fourth-order valence-corrected chi connectivity index (χ4v) is 2.50. The van der Waals surface area contributed by atoms with Gasteiger partial charge in [0.1, 0.15) is 0 Å². The van der Waals surface area contributed by atoms with Crippen LogP contribution in [-0.2, 0) is 0 Å². The third-order valence-corrected chi connectivity index (χ3v) is 3.80. The second kappa shape index (κ2) is 8.53. The lowest BCUT2D eigenvalue weighted by Gasteiger charge is -2.12. The van der Waals surface area contributed by atoms with Crippen molar-refractivity contribution in [1.29, 1.82) is 0 Å². The van der Waals surface area contributed by atoms with E-state index < -0.39 is 0 Å². The largest absolute Gasteiger partial charge is 0.323 e. The minimum atomic E-state index is -0.330. The van der Waals surface area contributed by atoms with Crippen LogP contribution in [0.1, 0.15) is 5.56 Å². The lowest BCUT2D eigenvalue weighted by Crippen LogP contribution is -2.21. The number of hydrogen-bond acceptors (Lipinski definition) is 2. The van der Waals surface area contributed by atoms with Crippen molar-refractivity contribution in [3.05, 3.63) is 84.4 Å². The topological polar surface area (TPSA) is 82.3 Å². The SMILES string of the molecule is Cc1cc(NC(=O)Nc2ccccc2)ccc1NC(=O)Nc1ccccc1. The molecular weight excluding hydrogens is 340 g/mol. The third-order valence-electron chi connectivity index (χ3n) is 3.80. The summed E-state index contributed by atoms with van der Waals surface area (Å²) in [5.74, 6) is 0. The first-order valence-electron chi connectivity index (χ1n) is 8.47. The van der Waals surface area contributed by atoms with E-state index in [1.54, 1.807) is 18.2 Å². The van der Waals surface area contributed by atoms with Crippen LogP contribution in [0.5, 0.6) is 0 Å². The molecule has 0 heterocycles. The predicted octanol–water partition coefficient (Wildman–Crippen LogP) is 5.28. The van der Waals surface area contributed by atoms with E-state index in [-0.39, 0.29) is 12.1 Å². The zero-order valence-electron chi connectivity index (χ0n) is 14.8. The van der Waals surface area contributed by atoms with Crippen LogP contribution >= 0.6 is 0 Å². The number of rotatable bonds is 4. The van der Waals surface area contributed by atoms with Gasteiger partial charge < -0.3 is 21.3 Å². The maximum absolute atomic E-state index is 12.1. The molecule has 0 saturated heterocycles. The molecule has 0 atom stereocenters. The number of urea groups is 2. The smallest absolute Gasteiger partial charge is 0.308 e. The summed E-state index contributed by atoms with van der Waals surface area (Å²) < 4.78 is 0. The van der Waals surface area contributed by atoms with E-state index in [0.29, 0.717) is 22.7 Å². The number of hydrogen-bond donors (Lipinski definition) is 4. The summed E-state index contributed by atoms with van der Waals surface area (Å²) in [6.45, 7) is 1.86. The van der Waals surface area contributed by atoms with Gasteiger partial charge in [-0.25, -0.2) is 9.59 Å². The highest BCUT2D eigenvalue weighted by molar-refractivity contribution is 6.01. The highest BCUT2D eigenvalue weighted by atomic mass is 16.2. The van der Waals surface area contributed by atoms with E-state index in [2.05, 4.69) is 21.3 Å². The standard InChI is InChI=1S/C21H20N4O2/c1-15-14-18(24-20(26)22-16-8-4-2-5-9-16)12-13-19(15)25-21(27)23-17-10-6-3-7-11-17/h2-14H,1H3,(H2,22,24,26)(H2,23,25,27). The highest BCUT2D eigenvalue weighted by Crippen LogP contribution is 2.20. The normalized spacial score (nSPS) is 9.96. The van der Waals surface area contributed by atoms with Crippen LogP contribution in [0, 0.1) is 6.92 Å². The van der Waals surface area contributed by atoms with Crippen molar-refractivity contribution in [1.82, 2.24) is 0 Å². The average Bonchev–Trinajstić information content (AvgIpc) is 2.65. The van der Waals surface area contributed by atoms with E-state index in [0.717, 1.165) is 5.56 Å². The van der Waals surface area contributed by atoms with Gasteiger partial charge in [0.25, 0.3) is 0 Å². The lowest BCUT2D eigenvalue weighted by molar-refractivity contribution is 0.261. The summed E-state index contributed by atoms with van der Waals surface area (Å²) in [5, 5.41) is 11.1. The number of anilines is 4. The van der Waals surface area contributed by atoms with Crippen LogP contribution in [0.25, 0.3) is 0 Å². The Balaban J connectivity index is 1.58. The number of carbonyl (C=O) groups is 2. The third kappa shape index (κ3) is 5.34. The lowest BCUT2D eigenvalue weighted by atomic mass is 10.2. The quantitative estimate of drug-likeness (QED) is 0.510. The van der Waals surface area contributed by atoms with Crippen LogP contribution in [-0.4, -0.2) is 12.1 Å². The Morgan fingerprint density at radius 2 is 1.07 bits per heavy atom. The summed E-state index contributed by atoms with van der Waals surface area (Å²) in [4.78, 5) is 24.2. The van der Waals surface area contributed by atoms with Gasteiger partial charge in [-0.1, -0.05) is 36.4 Å². The van der Waals surface area contributed by atoms with Gasteiger partial charge in [-0.15, -0.1) is 0 Å². The first-order valence-corrected chi connectivity index (χ1v) is 8.47. The molecule has 0 aromatic heterocycles. The zero-order valence-corrected chi connectivity index (χ0v) is 14.8. The molecule has 0 unspecified atom stereocenters. The van der Waals surface area contributed by atoms with Crippen LogP contribution < -0.4 is 21.3 Å². The fraction of sp³-hybridized carbons (Fsp3) is 0.0476. The van der Waals surface area contributed by atoms with Crippen molar-refractivity contribution in [2.75, 3.05) is 21.3 Å². The van der Waals surface area contributed by atoms with Crippen molar-refractivity contribution >= 4 is 34.8 Å². The molecule has 0 aliphatic carbocycles. The molecule has 136 valence electrons. The van der Waals surface area contributed by atoms with Gasteiger partial charge in [0, 0.05) is 22.7 Å². The molecular formula is C21H20N4O2. The molecule has 6 nitrogen and oxygen atoms in total.